The van der Waals surface area contributed by atoms with Crippen molar-refractivity contribution in [1.82, 2.24) is 19.9 Å². The van der Waals surface area contributed by atoms with Crippen LogP contribution in [0.25, 0.3) is 116 Å². The molecule has 702 valence electrons. The largest absolute Gasteiger partial charge is 0.489 e. The quantitative estimate of drug-likeness (QED) is 0.0488. The Hall–Kier alpha value is -13.8. The molecule has 0 radical (unpaired) electrons. The Kier molecular flexibility index (Phi) is 33.6. The number of hydrogen-bond donors (Lipinski definition) is 2. The van der Waals surface area contributed by atoms with Crippen molar-refractivity contribution in [2.75, 3.05) is 0 Å². The maximum atomic E-state index is 9.08. The van der Waals surface area contributed by atoms with Gasteiger partial charge >= 0.3 is 7.12 Å². The van der Waals surface area contributed by atoms with E-state index >= 15 is 0 Å². The first kappa shape index (κ1) is 99.9. The van der Waals surface area contributed by atoms with Crippen molar-refractivity contribution in [1.29, 1.82) is 0 Å². The molecule has 0 spiro atoms. The van der Waals surface area contributed by atoms with E-state index in [-0.39, 0.29) is 31.0 Å². The van der Waals surface area contributed by atoms with E-state index in [1.54, 1.807) is 28.7 Å². The Morgan fingerprint density at radius 1 is 0.200 bits per heavy atom. The van der Waals surface area contributed by atoms with E-state index in [2.05, 4.69) is 507 Å². The van der Waals surface area contributed by atoms with Crippen LogP contribution in [0.4, 0.5) is 0 Å². The van der Waals surface area contributed by atoms with E-state index in [4.69, 9.17) is 54.8 Å². The van der Waals surface area contributed by atoms with Crippen molar-refractivity contribution < 1.29 is 30.5 Å². The van der Waals surface area contributed by atoms with Gasteiger partial charge in [0, 0.05) is 77.1 Å². The van der Waals surface area contributed by atoms with Gasteiger partial charge in [0.25, 0.3) is 0 Å². The van der Waals surface area contributed by atoms with Gasteiger partial charge in [-0.25, -0.2) is 19.9 Å². The summed E-state index contributed by atoms with van der Waals surface area (Å²) in [5.74, 6) is 0. The molecule has 0 amide bonds. The second-order valence-corrected chi connectivity index (χ2v) is 45.8. The Bertz CT molecular complexity index is 7940. The fraction of sp³-hybridized carbons (Fsp3) is 0. The van der Waals surface area contributed by atoms with Gasteiger partial charge in [-0.05, 0) is 216 Å². The fourth-order valence-electron chi connectivity index (χ4n) is 18.0. The van der Waals surface area contributed by atoms with E-state index < -0.39 is 38.8 Å². The van der Waals surface area contributed by atoms with E-state index in [1.165, 1.54) is 120 Å². The minimum Gasteiger partial charge on any atom is -0.423 e. The molecule has 4 heterocycles. The monoisotopic (exact) mass is 2130 g/mol. The molecule has 0 aliphatic heterocycles. The number of halogens is 3. The van der Waals surface area contributed by atoms with Gasteiger partial charge in [0.2, 0.25) is 10.6 Å². The average Bonchev–Trinajstić information content (AvgIpc) is 1.60. The summed E-state index contributed by atoms with van der Waals surface area (Å²) < 4.78 is 4.87. The molecule has 26 aromatic rings. The molecule has 0 aliphatic carbocycles. The first-order valence-electron chi connectivity index (χ1n) is 47.3. The number of aromatic nitrogens is 4. The molecule has 0 unspecified atom stereocenters. The third-order valence-electron chi connectivity index (χ3n) is 24.6. The number of nitrogens with zero attached hydrogens (tertiary/aromatic N) is 4. The maximum Gasteiger partial charge on any atom is 0.489 e. The predicted molar refractivity (Wildman–Crippen MR) is 632 cm³/mol. The summed E-state index contributed by atoms with van der Waals surface area (Å²) in [6.45, 7) is 0. The van der Waals surface area contributed by atoms with Crippen LogP contribution in [-0.4, -0.2) is 37.1 Å². The molecular formula is C128H92BCl3N4O2P4PdS2. The van der Waals surface area contributed by atoms with Gasteiger partial charge in [0.05, 0.1) is 16.7 Å². The van der Waals surface area contributed by atoms with Gasteiger partial charge in [0.1, 0.15) is 5.15 Å². The average molecular weight is 2130 g/mol. The fourth-order valence-corrected chi connectivity index (χ4v) is 30.1. The van der Waals surface area contributed by atoms with Crippen molar-refractivity contribution >= 4 is 271 Å². The summed E-state index contributed by atoms with van der Waals surface area (Å²) in [5, 5.41) is 51.4. The number of fused-ring (bicyclic) bond motifs is 14. The number of hydrogen-bond acceptors (Lipinski definition) is 8. The first-order valence-corrected chi connectivity index (χ1v) is 55.4. The molecule has 22 aromatic carbocycles. The zero-order valence-corrected chi connectivity index (χ0v) is 87.3. The molecule has 0 fully saturated rings. The number of benzene rings is 22. The van der Waals surface area contributed by atoms with Gasteiger partial charge in [0.15, 0.2) is 0 Å². The minimum atomic E-state index is -1.40. The molecule has 0 saturated heterocycles. The number of rotatable bonds is 14. The third kappa shape index (κ3) is 23.8. The SMILES string of the molecule is Clc1nc(-c2cccc3ccccc23)c2ccc3sc4cc5ccccc5cc4c3c2n1.Clc1nc(Cl)c2ccc3sc4cc5ccccc5cc4c3c2n1.OB(O)c1cccc2ccccc12.[Pd].c1ccc(P(c2ccccc2)c2ccccc2)cc1.c1ccc(P(c2ccccc2)c2ccccc2)cc1.c1ccc(P(c2ccccc2)c2ccccc2)cc1.c1ccc(P(c2ccccc2)c2ccccc2)cc1. The van der Waals surface area contributed by atoms with E-state index in [0.29, 0.717) is 10.6 Å². The van der Waals surface area contributed by atoms with Gasteiger partial charge in [-0.3, -0.25) is 0 Å². The van der Waals surface area contributed by atoms with Crippen molar-refractivity contribution in [2.45, 2.75) is 0 Å². The standard InChI is InChI=1S/C28H15ClN2S.C18H8Cl2N2S.4C18H15P.C10H9BO2.Pd/c29-28-30-26(20-11-5-9-16-6-3-4-10-19(16)20)21-12-13-23-25(27(21)31-28)22-14-17-7-1-2-8-18(17)15-24(22)32-23;19-17-11-5-6-13-15(16(11)21-18(20)22-17)12-7-9-3-1-2-4-10(9)8-14(12)23-13;4*1-4-10-16(11-5-1)19(17-12-6-2-7-13-17)18-14-8-3-9-15-18;12-11(13)10-7-3-5-8-4-1-2-6-9(8)10;/h1-15H;1-8H;4*1-15H;1-7,12-13H;. The van der Waals surface area contributed by atoms with Crippen molar-refractivity contribution in [3.05, 3.63) is 562 Å². The first-order chi connectivity index (χ1) is 71.0. The van der Waals surface area contributed by atoms with Gasteiger partial charge in [-0.1, -0.05) is 509 Å². The molecule has 0 bridgehead atoms. The smallest absolute Gasteiger partial charge is 0.423 e. The zero-order valence-electron chi connectivity index (χ0n) is 78.3. The summed E-state index contributed by atoms with van der Waals surface area (Å²) >= 11 is 22.4. The topological polar surface area (TPSA) is 92.0 Å². The van der Waals surface area contributed by atoms with E-state index in [0.717, 1.165) is 60.0 Å². The Morgan fingerprint density at radius 2 is 0.441 bits per heavy atom. The van der Waals surface area contributed by atoms with Gasteiger partial charge in [-0.15, -0.1) is 22.7 Å². The Labute approximate surface area is 885 Å². The van der Waals surface area contributed by atoms with Crippen LogP contribution in [0.2, 0.25) is 15.7 Å². The van der Waals surface area contributed by atoms with Crippen LogP contribution in [0.3, 0.4) is 0 Å². The van der Waals surface area contributed by atoms with Crippen molar-refractivity contribution in [2.24, 2.45) is 0 Å². The molecular weight excluding hydrogens is 2040 g/mol. The summed E-state index contributed by atoms with van der Waals surface area (Å²) in [7, 11) is -3.18. The van der Waals surface area contributed by atoms with E-state index in [1.807, 2.05) is 42.5 Å². The number of thiophene rings is 2. The van der Waals surface area contributed by atoms with Crippen LogP contribution < -0.4 is 69.1 Å². The predicted octanol–water partition coefficient (Wildman–Crippen LogP) is 29.4. The maximum absolute atomic E-state index is 9.08. The summed E-state index contributed by atoms with van der Waals surface area (Å²) in [6, 6.07) is 191. The molecule has 17 heteroatoms. The molecule has 6 nitrogen and oxygen atoms in total. The van der Waals surface area contributed by atoms with E-state index in [9.17, 15) is 0 Å². The molecule has 26 rings (SSSR count). The molecule has 0 atom stereocenters. The third-order valence-corrected chi connectivity index (χ3v) is 37.2. The molecule has 0 aliphatic rings. The normalized spacial score (nSPS) is 11.0. The Morgan fingerprint density at radius 3 is 0.752 bits per heavy atom. The Balaban J connectivity index is 0.000000108. The second-order valence-electron chi connectivity index (χ2n) is 33.7. The molecule has 2 N–H and O–H groups in total. The van der Waals surface area contributed by atoms with Crippen LogP contribution in [0.15, 0.2) is 546 Å². The van der Waals surface area contributed by atoms with Crippen LogP contribution >= 0.6 is 89.2 Å². The van der Waals surface area contributed by atoms with Crippen LogP contribution in [0.5, 0.6) is 0 Å². The van der Waals surface area contributed by atoms with Crippen molar-refractivity contribution in [3.63, 3.8) is 0 Å². The van der Waals surface area contributed by atoms with Gasteiger partial charge in [-0.2, -0.15) is 0 Å². The van der Waals surface area contributed by atoms with Crippen LogP contribution in [0, 0.1) is 0 Å². The molecule has 145 heavy (non-hydrogen) atoms. The van der Waals surface area contributed by atoms with Crippen molar-refractivity contribution in [3.8, 4) is 11.3 Å². The molecule has 0 saturated carbocycles. The zero-order chi connectivity index (χ0) is 97.7. The minimum absolute atomic E-state index is 0. The summed E-state index contributed by atoms with van der Waals surface area (Å²) in [6.07, 6.45) is 0. The summed E-state index contributed by atoms with van der Waals surface area (Å²) in [5.41, 5.74) is 4.22. The van der Waals surface area contributed by atoms with Crippen LogP contribution in [0.1, 0.15) is 0 Å². The molecule has 4 aromatic heterocycles. The van der Waals surface area contributed by atoms with Gasteiger partial charge < -0.3 is 10.0 Å². The second kappa shape index (κ2) is 48.7. The summed E-state index contributed by atoms with van der Waals surface area (Å²) in [4.78, 5) is 17.9. The van der Waals surface area contributed by atoms with Crippen LogP contribution in [-0.2, 0) is 20.4 Å².